The molecule has 2 aromatic rings. The lowest BCUT2D eigenvalue weighted by atomic mass is 10.2. The van der Waals surface area contributed by atoms with E-state index < -0.39 is 23.7 Å². The molecule has 0 aliphatic heterocycles. The molecule has 0 aliphatic carbocycles. The molecule has 0 heterocycles. The number of ether oxygens (including phenoxy) is 2. The SMILES string of the molecule is CCOc1ccc(O[C@@H](C)C(=O)NNC(=O)/C=C/c2ccc(F)c(Cl)c2)cc1. The molecule has 6 nitrogen and oxygen atoms in total. The summed E-state index contributed by atoms with van der Waals surface area (Å²) in [6, 6.07) is 10.9. The minimum Gasteiger partial charge on any atom is -0.494 e. The van der Waals surface area contributed by atoms with Crippen LogP contribution in [0, 0.1) is 5.82 Å². The molecule has 1 atom stereocenters. The molecule has 2 aromatic carbocycles. The second-order valence-corrected chi connectivity index (χ2v) is 6.06. The number of hydrogen-bond acceptors (Lipinski definition) is 4. The molecule has 28 heavy (non-hydrogen) atoms. The highest BCUT2D eigenvalue weighted by Crippen LogP contribution is 2.19. The van der Waals surface area contributed by atoms with Gasteiger partial charge in [-0.3, -0.25) is 20.4 Å². The lowest BCUT2D eigenvalue weighted by Gasteiger charge is -2.15. The molecule has 0 bridgehead atoms. The van der Waals surface area contributed by atoms with Gasteiger partial charge in [0.25, 0.3) is 11.8 Å². The summed E-state index contributed by atoms with van der Waals surface area (Å²) in [6.07, 6.45) is 1.78. The quantitative estimate of drug-likeness (QED) is 0.545. The zero-order chi connectivity index (χ0) is 20.5. The van der Waals surface area contributed by atoms with Gasteiger partial charge in [0.15, 0.2) is 6.10 Å². The largest absolute Gasteiger partial charge is 0.494 e. The second kappa shape index (κ2) is 10.3. The van der Waals surface area contributed by atoms with E-state index in [-0.39, 0.29) is 5.02 Å². The van der Waals surface area contributed by atoms with E-state index in [1.807, 2.05) is 6.92 Å². The number of halogens is 2. The third-order valence-electron chi connectivity index (χ3n) is 3.50. The van der Waals surface area contributed by atoms with Crippen LogP contribution in [0.1, 0.15) is 19.4 Å². The summed E-state index contributed by atoms with van der Waals surface area (Å²) in [4.78, 5) is 23.8. The summed E-state index contributed by atoms with van der Waals surface area (Å²) in [5, 5.41) is -0.0453. The molecular formula is C20H20ClFN2O4. The van der Waals surface area contributed by atoms with Gasteiger partial charge < -0.3 is 9.47 Å². The number of rotatable bonds is 7. The summed E-state index contributed by atoms with van der Waals surface area (Å²) in [5.74, 6) is -0.446. The van der Waals surface area contributed by atoms with Crippen LogP contribution in [0.3, 0.4) is 0 Å². The van der Waals surface area contributed by atoms with Crippen molar-refractivity contribution in [3.63, 3.8) is 0 Å². The van der Waals surface area contributed by atoms with Crippen LogP contribution in [0.4, 0.5) is 4.39 Å². The molecule has 2 N–H and O–H groups in total. The molecule has 0 radical (unpaired) electrons. The Bertz CT molecular complexity index is 856. The summed E-state index contributed by atoms with van der Waals surface area (Å²) < 4.78 is 23.9. The van der Waals surface area contributed by atoms with E-state index in [0.717, 1.165) is 0 Å². The first-order valence-corrected chi connectivity index (χ1v) is 8.89. The van der Waals surface area contributed by atoms with Gasteiger partial charge in [0, 0.05) is 6.08 Å². The zero-order valence-electron chi connectivity index (χ0n) is 15.4. The first-order chi connectivity index (χ1) is 13.4. The van der Waals surface area contributed by atoms with E-state index in [1.54, 1.807) is 31.2 Å². The number of hydrazine groups is 1. The number of hydrogen-bond donors (Lipinski definition) is 2. The summed E-state index contributed by atoms with van der Waals surface area (Å²) >= 11 is 5.67. The first kappa shape index (κ1) is 21.2. The van der Waals surface area contributed by atoms with Crippen LogP contribution in [0.25, 0.3) is 6.08 Å². The maximum Gasteiger partial charge on any atom is 0.279 e. The molecule has 0 fully saturated rings. The van der Waals surface area contributed by atoms with Gasteiger partial charge in [0.2, 0.25) is 0 Å². The van der Waals surface area contributed by atoms with Gasteiger partial charge in [0.1, 0.15) is 17.3 Å². The lowest BCUT2D eigenvalue weighted by Crippen LogP contribution is -2.46. The monoisotopic (exact) mass is 406 g/mol. The van der Waals surface area contributed by atoms with E-state index in [1.165, 1.54) is 30.4 Å². The fraction of sp³-hybridized carbons (Fsp3) is 0.200. The average Bonchev–Trinajstić information content (AvgIpc) is 2.68. The molecule has 0 aromatic heterocycles. The standard InChI is InChI=1S/C20H20ClFN2O4/c1-3-27-15-6-8-16(9-7-15)28-13(2)20(26)24-23-19(25)11-5-14-4-10-18(22)17(21)12-14/h4-13H,3H2,1-2H3,(H,23,25)(H,24,26)/b11-5+/t13-/m0/s1. The van der Waals surface area contributed by atoms with Crippen molar-refractivity contribution in [3.8, 4) is 11.5 Å². The topological polar surface area (TPSA) is 76.7 Å². The van der Waals surface area contributed by atoms with E-state index in [4.69, 9.17) is 21.1 Å². The summed E-state index contributed by atoms with van der Waals surface area (Å²) in [7, 11) is 0. The molecule has 0 aliphatic rings. The minimum atomic E-state index is -0.835. The Balaban J connectivity index is 1.80. The number of carbonyl (C=O) groups excluding carboxylic acids is 2. The van der Waals surface area contributed by atoms with Crippen LogP contribution in [-0.4, -0.2) is 24.5 Å². The van der Waals surface area contributed by atoms with Crippen molar-refractivity contribution in [3.05, 3.63) is 64.9 Å². The Labute approximate surface area is 167 Å². The predicted octanol–water partition coefficient (Wildman–Crippen LogP) is 3.51. The van der Waals surface area contributed by atoms with Crippen molar-refractivity contribution in [2.45, 2.75) is 20.0 Å². The molecule has 2 amide bonds. The van der Waals surface area contributed by atoms with E-state index in [2.05, 4.69) is 10.9 Å². The first-order valence-electron chi connectivity index (χ1n) is 8.51. The molecule has 0 saturated carbocycles. The lowest BCUT2D eigenvalue weighted by molar-refractivity contribution is -0.131. The number of nitrogens with one attached hydrogen (secondary N) is 2. The molecule has 8 heteroatoms. The predicted molar refractivity (Wildman–Crippen MR) is 104 cm³/mol. The van der Waals surface area contributed by atoms with Crippen LogP contribution < -0.4 is 20.3 Å². The van der Waals surface area contributed by atoms with E-state index in [9.17, 15) is 14.0 Å². The number of amides is 2. The van der Waals surface area contributed by atoms with Crippen LogP contribution in [-0.2, 0) is 9.59 Å². The van der Waals surface area contributed by atoms with Gasteiger partial charge in [-0.05, 0) is 61.9 Å². The van der Waals surface area contributed by atoms with Gasteiger partial charge in [-0.1, -0.05) is 17.7 Å². The van der Waals surface area contributed by atoms with Crippen molar-refractivity contribution < 1.29 is 23.5 Å². The molecule has 0 saturated heterocycles. The zero-order valence-corrected chi connectivity index (χ0v) is 16.1. The Hall–Kier alpha value is -3.06. The van der Waals surface area contributed by atoms with Crippen LogP contribution in [0.2, 0.25) is 5.02 Å². The van der Waals surface area contributed by atoms with E-state index in [0.29, 0.717) is 23.7 Å². The maximum atomic E-state index is 13.1. The Kier molecular flexibility index (Phi) is 7.83. The molecule has 148 valence electrons. The van der Waals surface area contributed by atoms with Gasteiger partial charge in [0.05, 0.1) is 11.6 Å². The number of benzene rings is 2. The molecule has 0 spiro atoms. The van der Waals surface area contributed by atoms with Crippen LogP contribution in [0.5, 0.6) is 11.5 Å². The normalized spacial score (nSPS) is 11.7. The maximum absolute atomic E-state index is 13.1. The van der Waals surface area contributed by atoms with Crippen molar-refractivity contribution in [1.82, 2.24) is 10.9 Å². The third kappa shape index (κ3) is 6.59. The highest BCUT2D eigenvalue weighted by atomic mass is 35.5. The third-order valence-corrected chi connectivity index (χ3v) is 3.79. The van der Waals surface area contributed by atoms with Crippen molar-refractivity contribution >= 4 is 29.5 Å². The van der Waals surface area contributed by atoms with Crippen molar-refractivity contribution in [1.29, 1.82) is 0 Å². The summed E-state index contributed by atoms with van der Waals surface area (Å²) in [6.45, 7) is 3.99. The highest BCUT2D eigenvalue weighted by Gasteiger charge is 2.15. The number of carbonyl (C=O) groups is 2. The van der Waals surface area contributed by atoms with Crippen molar-refractivity contribution in [2.24, 2.45) is 0 Å². The van der Waals surface area contributed by atoms with E-state index >= 15 is 0 Å². The van der Waals surface area contributed by atoms with Crippen LogP contribution in [0.15, 0.2) is 48.5 Å². The Morgan fingerprint density at radius 2 is 1.82 bits per heavy atom. The Morgan fingerprint density at radius 1 is 1.14 bits per heavy atom. The smallest absolute Gasteiger partial charge is 0.279 e. The average molecular weight is 407 g/mol. The minimum absolute atomic E-state index is 0.0453. The van der Waals surface area contributed by atoms with Gasteiger partial charge in [-0.2, -0.15) is 0 Å². The Morgan fingerprint density at radius 3 is 2.46 bits per heavy atom. The molecule has 2 rings (SSSR count). The van der Waals surface area contributed by atoms with Crippen molar-refractivity contribution in [2.75, 3.05) is 6.61 Å². The van der Waals surface area contributed by atoms with Gasteiger partial charge in [-0.25, -0.2) is 4.39 Å². The van der Waals surface area contributed by atoms with Gasteiger partial charge >= 0.3 is 0 Å². The molecule has 0 unspecified atom stereocenters. The fourth-order valence-electron chi connectivity index (χ4n) is 2.09. The van der Waals surface area contributed by atoms with Gasteiger partial charge in [-0.15, -0.1) is 0 Å². The highest BCUT2D eigenvalue weighted by molar-refractivity contribution is 6.30. The molecular weight excluding hydrogens is 387 g/mol. The second-order valence-electron chi connectivity index (χ2n) is 5.65. The van der Waals surface area contributed by atoms with Crippen LogP contribution >= 0.6 is 11.6 Å². The summed E-state index contributed by atoms with van der Waals surface area (Å²) in [5.41, 5.74) is 5.05. The fourth-order valence-corrected chi connectivity index (χ4v) is 2.28.